The molecule has 1 saturated heterocycles. The molecule has 1 fully saturated rings. The highest BCUT2D eigenvalue weighted by Crippen LogP contribution is 2.34. The third-order valence-corrected chi connectivity index (χ3v) is 8.55. The summed E-state index contributed by atoms with van der Waals surface area (Å²) in [4.78, 5) is 13.5. The molecule has 0 radical (unpaired) electrons. The first-order chi connectivity index (χ1) is 19.9. The van der Waals surface area contributed by atoms with E-state index >= 15 is 0 Å². The number of rotatable bonds is 9. The number of hydrogen-bond acceptors (Lipinski definition) is 8. The summed E-state index contributed by atoms with van der Waals surface area (Å²) in [5.41, 5.74) is 1.79. The van der Waals surface area contributed by atoms with Crippen LogP contribution in [0.2, 0.25) is 0 Å². The van der Waals surface area contributed by atoms with Gasteiger partial charge in [-0.1, -0.05) is 0 Å². The van der Waals surface area contributed by atoms with Crippen LogP contribution in [0.1, 0.15) is 11.1 Å². The number of aliphatic hydroxyl groups excluding tert-OH is 1. The van der Waals surface area contributed by atoms with Crippen LogP contribution < -0.4 is 14.5 Å². The first kappa shape index (κ1) is 29.6. The van der Waals surface area contributed by atoms with Gasteiger partial charge >= 0.3 is 6.18 Å². The number of nitrogens with zero attached hydrogens (tertiary/aromatic N) is 6. The highest BCUT2D eigenvalue weighted by atomic mass is 32.2. The van der Waals surface area contributed by atoms with E-state index in [9.17, 15) is 21.6 Å². The zero-order valence-corrected chi connectivity index (χ0v) is 24.0. The Balaban J connectivity index is 1.37. The molecule has 42 heavy (non-hydrogen) atoms. The van der Waals surface area contributed by atoms with Gasteiger partial charge in [-0.15, -0.1) is 0 Å². The molecule has 4 aromatic rings. The maximum absolute atomic E-state index is 13.5. The van der Waals surface area contributed by atoms with Crippen LogP contribution in [0.3, 0.4) is 0 Å². The number of piperazine rings is 1. The van der Waals surface area contributed by atoms with E-state index in [-0.39, 0.29) is 24.4 Å². The van der Waals surface area contributed by atoms with Gasteiger partial charge in [-0.05, 0) is 54.1 Å². The summed E-state index contributed by atoms with van der Waals surface area (Å²) in [7, 11) is -2.40. The fraction of sp³-hybridized carbons (Fsp3) is 0.357. The molecular formula is C28H32F3N7O3S. The van der Waals surface area contributed by atoms with Gasteiger partial charge in [-0.3, -0.25) is 9.21 Å². The monoisotopic (exact) mass is 603 g/mol. The van der Waals surface area contributed by atoms with Crippen molar-refractivity contribution in [1.29, 1.82) is 0 Å². The number of sulfonamides is 1. The zero-order chi connectivity index (χ0) is 30.1. The Morgan fingerprint density at radius 3 is 2.40 bits per heavy atom. The molecule has 2 N–H and O–H groups in total. The largest absolute Gasteiger partial charge is 0.416 e. The molecule has 14 heteroatoms. The van der Waals surface area contributed by atoms with Crippen molar-refractivity contribution in [3.63, 3.8) is 0 Å². The van der Waals surface area contributed by atoms with Crippen molar-refractivity contribution in [2.45, 2.75) is 12.7 Å². The maximum atomic E-state index is 13.5. The van der Waals surface area contributed by atoms with Gasteiger partial charge in [0.1, 0.15) is 5.65 Å². The standard InChI is InChI=1S/C28H32F3N7O3S/c1-35(42(2,40)41)25-8-3-22(28(29,30)31)17-21(25)19-38-10-9-20-18-32-27(34-26(20)38)33-23-4-6-24(7-5-23)37-13-11-36(12-14-37)15-16-39/h3-10,17-18,39H,11-16,19H2,1-2H3,(H,32,33,34). The molecular weight excluding hydrogens is 571 g/mol. The Bertz CT molecular complexity index is 1650. The van der Waals surface area contributed by atoms with Gasteiger partial charge in [0, 0.05) is 68.9 Å². The van der Waals surface area contributed by atoms with Crippen LogP contribution in [-0.2, 0) is 22.7 Å². The highest BCUT2D eigenvalue weighted by molar-refractivity contribution is 7.92. The lowest BCUT2D eigenvalue weighted by atomic mass is 10.1. The Labute approximate surface area is 242 Å². The molecule has 0 spiro atoms. The van der Waals surface area contributed by atoms with E-state index in [0.717, 1.165) is 60.2 Å². The van der Waals surface area contributed by atoms with Gasteiger partial charge in [0.15, 0.2) is 0 Å². The second kappa shape index (κ2) is 11.8. The summed E-state index contributed by atoms with van der Waals surface area (Å²) >= 11 is 0. The summed E-state index contributed by atoms with van der Waals surface area (Å²) in [6.45, 7) is 4.32. The minimum absolute atomic E-state index is 0.0423. The molecule has 3 heterocycles. The highest BCUT2D eigenvalue weighted by Gasteiger charge is 2.32. The van der Waals surface area contributed by atoms with E-state index in [1.54, 1.807) is 23.0 Å². The summed E-state index contributed by atoms with van der Waals surface area (Å²) in [5.74, 6) is 0.310. The van der Waals surface area contributed by atoms with Crippen molar-refractivity contribution < 1.29 is 26.7 Å². The van der Waals surface area contributed by atoms with Crippen molar-refractivity contribution in [3.8, 4) is 0 Å². The van der Waals surface area contributed by atoms with Crippen molar-refractivity contribution in [3.05, 3.63) is 72.1 Å². The predicted molar refractivity (Wildman–Crippen MR) is 157 cm³/mol. The fourth-order valence-corrected chi connectivity index (χ4v) is 5.51. The van der Waals surface area contributed by atoms with Crippen LogP contribution >= 0.6 is 0 Å². The fourth-order valence-electron chi connectivity index (χ4n) is 4.97. The number of β-amino-alcohol motifs (C(OH)–C–C–N with tert-alkyl or cyclic N) is 1. The summed E-state index contributed by atoms with van der Waals surface area (Å²) in [6.07, 6.45) is -0.283. The molecule has 1 aliphatic heterocycles. The Morgan fingerprint density at radius 1 is 1.05 bits per heavy atom. The Hall–Kier alpha value is -3.88. The lowest BCUT2D eigenvalue weighted by molar-refractivity contribution is -0.137. The van der Waals surface area contributed by atoms with Crippen molar-refractivity contribution >= 4 is 44.1 Å². The number of nitrogens with one attached hydrogen (secondary N) is 1. The minimum atomic E-state index is -4.58. The SMILES string of the molecule is CN(c1ccc(C(F)(F)F)cc1Cn1ccc2cnc(Nc3ccc(N4CCN(CCO)CC4)cc3)nc21)S(C)(=O)=O. The van der Waals surface area contributed by atoms with Gasteiger partial charge in [0.05, 0.1) is 30.7 Å². The minimum Gasteiger partial charge on any atom is -0.395 e. The van der Waals surface area contributed by atoms with E-state index < -0.39 is 21.8 Å². The van der Waals surface area contributed by atoms with Crippen LogP contribution in [0.5, 0.6) is 0 Å². The first-order valence-electron chi connectivity index (χ1n) is 13.3. The van der Waals surface area contributed by atoms with Crippen LogP contribution in [-0.4, -0.2) is 85.6 Å². The van der Waals surface area contributed by atoms with E-state index in [0.29, 0.717) is 23.5 Å². The molecule has 0 amide bonds. The molecule has 0 unspecified atom stereocenters. The Morgan fingerprint density at radius 2 is 1.76 bits per heavy atom. The average molecular weight is 604 g/mol. The van der Waals surface area contributed by atoms with Gasteiger partial charge in [0.25, 0.3) is 0 Å². The first-order valence-corrected chi connectivity index (χ1v) is 15.2. The number of halogens is 3. The molecule has 5 rings (SSSR count). The topological polar surface area (TPSA) is 107 Å². The third kappa shape index (κ3) is 6.61. The second-order valence-electron chi connectivity index (χ2n) is 10.2. The average Bonchev–Trinajstić information content (AvgIpc) is 3.34. The van der Waals surface area contributed by atoms with E-state index in [4.69, 9.17) is 5.11 Å². The predicted octanol–water partition coefficient (Wildman–Crippen LogP) is 3.75. The van der Waals surface area contributed by atoms with Crippen LogP contribution in [0.15, 0.2) is 60.9 Å². The number of fused-ring (bicyclic) bond motifs is 1. The third-order valence-electron chi connectivity index (χ3n) is 7.36. The molecule has 2 aromatic carbocycles. The lowest BCUT2D eigenvalue weighted by Gasteiger charge is -2.35. The molecule has 0 saturated carbocycles. The van der Waals surface area contributed by atoms with E-state index in [1.807, 2.05) is 24.3 Å². The normalized spacial score (nSPS) is 14.9. The van der Waals surface area contributed by atoms with Crippen molar-refractivity contribution in [1.82, 2.24) is 19.4 Å². The number of hydrogen-bond donors (Lipinski definition) is 2. The number of aromatic nitrogens is 3. The second-order valence-corrected chi connectivity index (χ2v) is 12.2. The Kier molecular flexibility index (Phi) is 8.30. The molecule has 0 aliphatic carbocycles. The maximum Gasteiger partial charge on any atom is 0.416 e. The summed E-state index contributed by atoms with van der Waals surface area (Å²) < 4.78 is 67.6. The van der Waals surface area contributed by atoms with Crippen molar-refractivity contribution in [2.75, 3.05) is 67.2 Å². The zero-order valence-electron chi connectivity index (χ0n) is 23.2. The van der Waals surface area contributed by atoms with Gasteiger partial charge in [0.2, 0.25) is 16.0 Å². The molecule has 1 aliphatic rings. The van der Waals surface area contributed by atoms with Gasteiger partial charge in [-0.2, -0.15) is 18.2 Å². The van der Waals surface area contributed by atoms with Gasteiger partial charge < -0.3 is 19.9 Å². The van der Waals surface area contributed by atoms with E-state index in [2.05, 4.69) is 25.1 Å². The quantitative estimate of drug-likeness (QED) is 0.298. The molecule has 0 bridgehead atoms. The molecule has 224 valence electrons. The van der Waals surface area contributed by atoms with Crippen LogP contribution in [0.25, 0.3) is 11.0 Å². The lowest BCUT2D eigenvalue weighted by Crippen LogP contribution is -2.47. The number of benzene rings is 2. The van der Waals surface area contributed by atoms with Crippen LogP contribution in [0.4, 0.5) is 36.2 Å². The molecule has 10 nitrogen and oxygen atoms in total. The summed E-state index contributed by atoms with van der Waals surface area (Å²) in [5, 5.41) is 13.0. The van der Waals surface area contributed by atoms with Gasteiger partial charge in [-0.25, -0.2) is 13.4 Å². The number of anilines is 4. The molecule has 2 aromatic heterocycles. The van der Waals surface area contributed by atoms with E-state index in [1.165, 1.54) is 13.1 Å². The number of alkyl halides is 3. The summed E-state index contributed by atoms with van der Waals surface area (Å²) in [6, 6.07) is 12.7. The smallest absolute Gasteiger partial charge is 0.395 e. The number of aliphatic hydroxyl groups is 1. The van der Waals surface area contributed by atoms with Crippen LogP contribution in [0, 0.1) is 0 Å². The van der Waals surface area contributed by atoms with Crippen molar-refractivity contribution in [2.24, 2.45) is 0 Å². The molecule has 0 atom stereocenters.